The molecule has 0 heterocycles. The highest BCUT2D eigenvalue weighted by atomic mass is 16.5. The van der Waals surface area contributed by atoms with Crippen LogP contribution in [0.25, 0.3) is 0 Å². The van der Waals surface area contributed by atoms with E-state index in [-0.39, 0.29) is 6.61 Å². The summed E-state index contributed by atoms with van der Waals surface area (Å²) in [7, 11) is 0. The molecule has 7 heteroatoms. The summed E-state index contributed by atoms with van der Waals surface area (Å²) in [5, 5.41) is 2.64. The van der Waals surface area contributed by atoms with E-state index in [0.717, 1.165) is 12.0 Å². The Labute approximate surface area is 124 Å². The molecule has 116 valence electrons. The first-order valence-electron chi connectivity index (χ1n) is 6.83. The number of carbonyl (C=O) groups is 2. The number of hydrogen-bond donors (Lipinski definition) is 4. The third-order valence-electron chi connectivity index (χ3n) is 2.95. The second-order valence-electron chi connectivity index (χ2n) is 4.61. The third kappa shape index (κ3) is 7.28. The number of amides is 2. The van der Waals surface area contributed by atoms with Gasteiger partial charge in [0.1, 0.15) is 6.61 Å². The number of alkyl carbamates (subject to hydrolysis) is 1. The third-order valence-corrected chi connectivity index (χ3v) is 2.95. The Kier molecular flexibility index (Phi) is 7.85. The number of carbonyl (C=O) groups excluding carboxylic acids is 2. The maximum atomic E-state index is 11.4. The molecule has 21 heavy (non-hydrogen) atoms. The van der Waals surface area contributed by atoms with Crippen LogP contribution in [0.3, 0.4) is 0 Å². The quantitative estimate of drug-likeness (QED) is 0.298. The number of benzene rings is 1. The molecule has 0 aliphatic carbocycles. The number of nitrogens with one attached hydrogen (secondary N) is 2. The lowest BCUT2D eigenvalue weighted by Crippen LogP contribution is -2.45. The number of primary amides is 1. The minimum absolute atomic E-state index is 0.244. The molecule has 1 atom stereocenters. The molecule has 7 nitrogen and oxygen atoms in total. The van der Waals surface area contributed by atoms with E-state index in [4.69, 9.17) is 16.3 Å². The first-order chi connectivity index (χ1) is 10.1. The average Bonchev–Trinajstić information content (AvgIpc) is 2.49. The second-order valence-corrected chi connectivity index (χ2v) is 4.61. The zero-order valence-corrected chi connectivity index (χ0v) is 11.9. The van der Waals surface area contributed by atoms with Gasteiger partial charge in [-0.3, -0.25) is 10.6 Å². The molecule has 0 saturated carbocycles. The summed E-state index contributed by atoms with van der Waals surface area (Å²) in [4.78, 5) is 22.4. The van der Waals surface area contributed by atoms with Gasteiger partial charge in [-0.1, -0.05) is 30.3 Å². The zero-order valence-electron chi connectivity index (χ0n) is 11.9. The van der Waals surface area contributed by atoms with Gasteiger partial charge in [0.15, 0.2) is 0 Å². The largest absolute Gasteiger partial charge is 0.445 e. The Morgan fingerprint density at radius 3 is 2.52 bits per heavy atom. The highest BCUT2D eigenvalue weighted by molar-refractivity contribution is 5.79. The van der Waals surface area contributed by atoms with E-state index in [1.54, 1.807) is 0 Å². The smallest absolute Gasteiger partial charge is 0.407 e. The lowest BCUT2D eigenvalue weighted by molar-refractivity contribution is -0.120. The van der Waals surface area contributed by atoms with Crippen molar-refractivity contribution in [3.05, 3.63) is 35.9 Å². The fraction of sp³-hybridized carbons (Fsp3) is 0.429. The van der Waals surface area contributed by atoms with Crippen LogP contribution in [0.4, 0.5) is 4.79 Å². The van der Waals surface area contributed by atoms with Crippen molar-refractivity contribution in [2.45, 2.75) is 31.9 Å². The van der Waals surface area contributed by atoms with Crippen LogP contribution in [0.5, 0.6) is 0 Å². The topological polar surface area (TPSA) is 119 Å². The van der Waals surface area contributed by atoms with Gasteiger partial charge in [-0.2, -0.15) is 0 Å². The summed E-state index contributed by atoms with van der Waals surface area (Å²) in [5.41, 5.74) is 8.42. The molecular formula is C14H22N4O3. The molecule has 1 aromatic carbocycles. The van der Waals surface area contributed by atoms with Crippen molar-refractivity contribution < 1.29 is 14.3 Å². The standard InChI is InChI=1S/C14H22N4O3/c15-13(19)12(18-16)8-4-5-9-17-14(20)21-10-11-6-2-1-3-7-11/h1-3,6-7,12,18H,4-5,8-10,16H2,(H2,15,19)(H,17,20). The molecule has 0 aliphatic rings. The summed E-state index contributed by atoms with van der Waals surface area (Å²) in [6.45, 7) is 0.719. The summed E-state index contributed by atoms with van der Waals surface area (Å²) >= 11 is 0. The Bertz CT molecular complexity index is 439. The fourth-order valence-corrected chi connectivity index (χ4v) is 1.75. The minimum atomic E-state index is -0.532. The van der Waals surface area contributed by atoms with Crippen molar-refractivity contribution >= 4 is 12.0 Å². The van der Waals surface area contributed by atoms with Crippen LogP contribution in [0.15, 0.2) is 30.3 Å². The normalized spacial score (nSPS) is 11.7. The molecule has 0 saturated heterocycles. The van der Waals surface area contributed by atoms with Gasteiger partial charge in [0, 0.05) is 6.54 Å². The van der Waals surface area contributed by atoms with Gasteiger partial charge in [0.05, 0.1) is 6.04 Å². The van der Waals surface area contributed by atoms with Gasteiger partial charge >= 0.3 is 6.09 Å². The Balaban J connectivity index is 2.07. The molecular weight excluding hydrogens is 272 g/mol. The van der Waals surface area contributed by atoms with Gasteiger partial charge in [0.25, 0.3) is 0 Å². The van der Waals surface area contributed by atoms with Crippen molar-refractivity contribution in [2.75, 3.05) is 6.54 Å². The van der Waals surface area contributed by atoms with Gasteiger partial charge < -0.3 is 15.8 Å². The monoisotopic (exact) mass is 294 g/mol. The van der Waals surface area contributed by atoms with E-state index in [1.165, 1.54) is 0 Å². The zero-order chi connectivity index (χ0) is 15.5. The number of hydrazine groups is 1. The van der Waals surface area contributed by atoms with Crippen molar-refractivity contribution in [1.82, 2.24) is 10.7 Å². The molecule has 0 bridgehead atoms. The number of unbranched alkanes of at least 4 members (excludes halogenated alkanes) is 1. The van der Waals surface area contributed by atoms with Crippen LogP contribution in [0, 0.1) is 0 Å². The van der Waals surface area contributed by atoms with E-state index in [9.17, 15) is 9.59 Å². The van der Waals surface area contributed by atoms with Crippen molar-refractivity contribution in [2.24, 2.45) is 11.6 Å². The van der Waals surface area contributed by atoms with Gasteiger partial charge in [-0.05, 0) is 24.8 Å². The molecule has 0 aromatic heterocycles. The maximum absolute atomic E-state index is 11.4. The first kappa shape index (κ1) is 16.9. The highest BCUT2D eigenvalue weighted by Gasteiger charge is 2.11. The fourth-order valence-electron chi connectivity index (χ4n) is 1.75. The van der Waals surface area contributed by atoms with Crippen LogP contribution < -0.4 is 22.3 Å². The lowest BCUT2D eigenvalue weighted by atomic mass is 10.1. The van der Waals surface area contributed by atoms with E-state index in [2.05, 4.69) is 10.7 Å². The summed E-state index contributed by atoms with van der Waals surface area (Å²) in [5.74, 6) is 4.71. The second kappa shape index (κ2) is 9.73. The molecule has 1 unspecified atom stereocenters. The summed E-state index contributed by atoms with van der Waals surface area (Å²) in [6, 6.07) is 8.91. The van der Waals surface area contributed by atoms with E-state index < -0.39 is 18.0 Å². The van der Waals surface area contributed by atoms with E-state index >= 15 is 0 Å². The van der Waals surface area contributed by atoms with Crippen molar-refractivity contribution in [3.8, 4) is 0 Å². The molecule has 0 fully saturated rings. The number of hydrogen-bond acceptors (Lipinski definition) is 5. The van der Waals surface area contributed by atoms with Crippen LogP contribution in [0.1, 0.15) is 24.8 Å². The number of rotatable bonds is 9. The Morgan fingerprint density at radius 2 is 1.90 bits per heavy atom. The molecule has 1 aromatic rings. The lowest BCUT2D eigenvalue weighted by Gasteiger charge is -2.11. The molecule has 6 N–H and O–H groups in total. The van der Waals surface area contributed by atoms with Crippen LogP contribution >= 0.6 is 0 Å². The molecule has 1 rings (SSSR count). The molecule has 2 amide bonds. The summed E-state index contributed by atoms with van der Waals surface area (Å²) in [6.07, 6.45) is 1.51. The van der Waals surface area contributed by atoms with Gasteiger partial charge in [0.2, 0.25) is 5.91 Å². The predicted molar refractivity (Wildman–Crippen MR) is 78.8 cm³/mol. The van der Waals surface area contributed by atoms with Crippen LogP contribution in [-0.4, -0.2) is 24.6 Å². The molecule has 0 radical (unpaired) electrons. The Morgan fingerprint density at radius 1 is 1.19 bits per heavy atom. The van der Waals surface area contributed by atoms with Crippen molar-refractivity contribution in [3.63, 3.8) is 0 Å². The van der Waals surface area contributed by atoms with E-state index in [0.29, 0.717) is 19.4 Å². The Hall–Kier alpha value is -2.12. The van der Waals surface area contributed by atoms with Gasteiger partial charge in [-0.25, -0.2) is 10.2 Å². The average molecular weight is 294 g/mol. The van der Waals surface area contributed by atoms with Crippen molar-refractivity contribution in [1.29, 1.82) is 0 Å². The maximum Gasteiger partial charge on any atom is 0.407 e. The number of ether oxygens (including phenoxy) is 1. The summed E-state index contributed by atoms with van der Waals surface area (Å²) < 4.78 is 5.06. The highest BCUT2D eigenvalue weighted by Crippen LogP contribution is 2.01. The van der Waals surface area contributed by atoms with Gasteiger partial charge in [-0.15, -0.1) is 0 Å². The SMILES string of the molecule is NNC(CCCCNC(=O)OCc1ccccc1)C(N)=O. The van der Waals surface area contributed by atoms with Crippen LogP contribution in [-0.2, 0) is 16.1 Å². The van der Waals surface area contributed by atoms with E-state index in [1.807, 2.05) is 30.3 Å². The molecule has 0 aliphatic heterocycles. The number of nitrogens with two attached hydrogens (primary N) is 2. The first-order valence-corrected chi connectivity index (χ1v) is 6.83. The predicted octanol–water partition coefficient (Wildman–Crippen LogP) is 0.400. The van der Waals surface area contributed by atoms with Crippen LogP contribution in [0.2, 0.25) is 0 Å². The minimum Gasteiger partial charge on any atom is -0.445 e. The molecule has 0 spiro atoms.